The summed E-state index contributed by atoms with van der Waals surface area (Å²) in [7, 11) is 0. The number of carbonyl (C=O) groups excluding carboxylic acids is 1. The summed E-state index contributed by atoms with van der Waals surface area (Å²) in [5.41, 5.74) is 6.25. The minimum atomic E-state index is -0.644. The molecule has 1 aliphatic carbocycles. The van der Waals surface area contributed by atoms with Gasteiger partial charge in [-0.25, -0.2) is 4.98 Å². The van der Waals surface area contributed by atoms with Gasteiger partial charge >= 0.3 is 0 Å². The van der Waals surface area contributed by atoms with Crippen molar-refractivity contribution in [2.75, 3.05) is 25.4 Å². The van der Waals surface area contributed by atoms with Crippen molar-refractivity contribution < 1.29 is 15.0 Å². The molecule has 2 fully saturated rings. The molecule has 1 aliphatic heterocycles. The first-order valence-corrected chi connectivity index (χ1v) is 8.74. The number of β-amino-alcohol motifs (C(OH)–C–C–N with tert-alkyl or cyclic N) is 1. The van der Waals surface area contributed by atoms with Gasteiger partial charge in [0.1, 0.15) is 4.88 Å². The van der Waals surface area contributed by atoms with Gasteiger partial charge in [-0.05, 0) is 17.4 Å². The van der Waals surface area contributed by atoms with Crippen LogP contribution in [-0.4, -0.2) is 51.8 Å². The molecular formula is C17H19N3O3S. The molecule has 24 heavy (non-hydrogen) atoms. The molecule has 1 saturated heterocycles. The summed E-state index contributed by atoms with van der Waals surface area (Å²) in [5.74, 6) is -0.113. The van der Waals surface area contributed by atoms with Gasteiger partial charge in [-0.15, -0.1) is 0 Å². The number of hydrogen-bond donors (Lipinski definition) is 3. The third-order valence-corrected chi connectivity index (χ3v) is 6.23. The average molecular weight is 345 g/mol. The molecule has 2 aromatic rings. The van der Waals surface area contributed by atoms with E-state index in [0.29, 0.717) is 16.6 Å². The van der Waals surface area contributed by atoms with Crippen molar-refractivity contribution in [1.82, 2.24) is 9.88 Å². The number of amides is 1. The molecular weight excluding hydrogens is 326 g/mol. The van der Waals surface area contributed by atoms with Gasteiger partial charge in [0.2, 0.25) is 0 Å². The van der Waals surface area contributed by atoms with Crippen LogP contribution in [0.1, 0.15) is 21.2 Å². The Bertz CT molecular complexity index is 765. The summed E-state index contributed by atoms with van der Waals surface area (Å²) >= 11 is 1.15. The molecule has 1 aromatic carbocycles. The monoisotopic (exact) mass is 345 g/mol. The molecule has 1 amide bonds. The van der Waals surface area contributed by atoms with E-state index in [1.165, 1.54) is 6.20 Å². The quantitative estimate of drug-likeness (QED) is 0.769. The van der Waals surface area contributed by atoms with E-state index in [0.717, 1.165) is 16.9 Å². The zero-order chi connectivity index (χ0) is 16.9. The van der Waals surface area contributed by atoms with Crippen LogP contribution in [-0.2, 0) is 0 Å². The van der Waals surface area contributed by atoms with Crippen LogP contribution in [0, 0.1) is 11.3 Å². The number of carbonyl (C=O) groups is 1. The highest BCUT2D eigenvalue weighted by atomic mass is 32.1. The van der Waals surface area contributed by atoms with E-state index in [9.17, 15) is 15.0 Å². The van der Waals surface area contributed by atoms with Gasteiger partial charge in [0, 0.05) is 25.1 Å². The Labute approximate surface area is 143 Å². The molecule has 126 valence electrons. The van der Waals surface area contributed by atoms with Gasteiger partial charge in [-0.1, -0.05) is 41.7 Å². The Hall–Kier alpha value is -1.96. The van der Waals surface area contributed by atoms with Crippen molar-refractivity contribution in [3.63, 3.8) is 0 Å². The smallest absolute Gasteiger partial charge is 0.265 e. The van der Waals surface area contributed by atoms with Crippen molar-refractivity contribution in [2.24, 2.45) is 11.3 Å². The number of aromatic nitrogens is 1. The van der Waals surface area contributed by atoms with E-state index >= 15 is 0 Å². The van der Waals surface area contributed by atoms with E-state index in [4.69, 9.17) is 5.73 Å². The first-order chi connectivity index (χ1) is 11.6. The van der Waals surface area contributed by atoms with Crippen molar-refractivity contribution in [3.8, 4) is 0 Å². The third kappa shape index (κ3) is 2.16. The van der Waals surface area contributed by atoms with Gasteiger partial charge in [0.05, 0.1) is 12.3 Å². The van der Waals surface area contributed by atoms with E-state index < -0.39 is 11.5 Å². The van der Waals surface area contributed by atoms with Crippen LogP contribution in [0.4, 0.5) is 5.13 Å². The topological polar surface area (TPSA) is 99.7 Å². The van der Waals surface area contributed by atoms with Crippen LogP contribution in [0.3, 0.4) is 0 Å². The molecule has 1 spiro atoms. The van der Waals surface area contributed by atoms with Crippen molar-refractivity contribution in [1.29, 1.82) is 0 Å². The summed E-state index contributed by atoms with van der Waals surface area (Å²) in [5, 5.41) is 20.8. The number of benzene rings is 1. The summed E-state index contributed by atoms with van der Waals surface area (Å²) in [6, 6.07) is 9.90. The molecule has 0 radical (unpaired) electrons. The second kappa shape index (κ2) is 5.54. The van der Waals surface area contributed by atoms with Gasteiger partial charge in [-0.2, -0.15) is 0 Å². The lowest BCUT2D eigenvalue weighted by atomic mass is 9.95. The zero-order valence-electron chi connectivity index (χ0n) is 13.0. The number of anilines is 1. The Morgan fingerprint density at radius 1 is 1.42 bits per heavy atom. The number of nitrogens with zero attached hydrogens (tertiary/aromatic N) is 2. The molecule has 4 atom stereocenters. The number of nitrogens with two attached hydrogens (primary N) is 1. The third-order valence-electron chi connectivity index (χ3n) is 5.42. The largest absolute Gasteiger partial charge is 0.396 e. The Morgan fingerprint density at radius 3 is 2.79 bits per heavy atom. The van der Waals surface area contributed by atoms with E-state index in [2.05, 4.69) is 4.98 Å². The maximum absolute atomic E-state index is 12.6. The highest BCUT2D eigenvalue weighted by molar-refractivity contribution is 7.17. The number of aliphatic hydroxyl groups is 2. The number of hydrogen-bond acceptors (Lipinski definition) is 6. The van der Waals surface area contributed by atoms with Crippen molar-refractivity contribution in [2.45, 2.75) is 12.0 Å². The number of thiazole rings is 1. The summed E-state index contributed by atoms with van der Waals surface area (Å²) in [6.07, 6.45) is 0.833. The fourth-order valence-electron chi connectivity index (χ4n) is 4.27. The minimum Gasteiger partial charge on any atom is -0.396 e. The van der Waals surface area contributed by atoms with Gasteiger partial charge in [-0.3, -0.25) is 4.79 Å². The predicted octanol–water partition coefficient (Wildman–Crippen LogP) is 0.934. The highest BCUT2D eigenvalue weighted by Crippen LogP contribution is 2.68. The fourth-order valence-corrected chi connectivity index (χ4v) is 4.92. The summed E-state index contributed by atoms with van der Waals surface area (Å²) < 4.78 is 0. The van der Waals surface area contributed by atoms with Crippen molar-refractivity contribution >= 4 is 22.4 Å². The van der Waals surface area contributed by atoms with Crippen LogP contribution in [0.5, 0.6) is 0 Å². The molecule has 0 unspecified atom stereocenters. The molecule has 4 rings (SSSR count). The molecule has 1 aromatic heterocycles. The fraction of sp³-hybridized carbons (Fsp3) is 0.412. The molecule has 2 aliphatic rings. The number of likely N-dealkylation sites (tertiary alicyclic amines) is 1. The predicted molar refractivity (Wildman–Crippen MR) is 90.6 cm³/mol. The van der Waals surface area contributed by atoms with Gasteiger partial charge in [0.25, 0.3) is 5.91 Å². The maximum Gasteiger partial charge on any atom is 0.265 e. The standard InChI is InChI=1S/C17H19N3O3S/c18-16-19-6-12(24-16)15(23)20-7-13(22)17(9-20)11(8-21)14(17)10-4-2-1-3-5-10/h1-6,11,13-14,21-22H,7-9H2,(H2,18,19)/t11-,13+,14-,17-/m1/s1. The second-order valence-corrected chi connectivity index (χ2v) is 7.62. The Morgan fingerprint density at radius 2 is 2.17 bits per heavy atom. The first kappa shape index (κ1) is 15.6. The molecule has 7 heteroatoms. The van der Waals surface area contributed by atoms with Crippen LogP contribution in [0.25, 0.3) is 0 Å². The summed E-state index contributed by atoms with van der Waals surface area (Å²) in [4.78, 5) is 18.7. The van der Waals surface area contributed by atoms with E-state index in [1.807, 2.05) is 30.3 Å². The SMILES string of the molecule is Nc1ncc(C(=O)N2C[C@H](O)[C@@]3(C2)[C@H](CO)[C@H]3c2ccccc2)s1. The van der Waals surface area contributed by atoms with E-state index in [1.54, 1.807) is 4.90 Å². The first-order valence-electron chi connectivity index (χ1n) is 7.92. The summed E-state index contributed by atoms with van der Waals surface area (Å²) in [6.45, 7) is 0.720. The average Bonchev–Trinajstić information content (AvgIpc) is 2.83. The molecule has 4 N–H and O–H groups in total. The highest BCUT2D eigenvalue weighted by Gasteiger charge is 2.71. The van der Waals surface area contributed by atoms with Crippen LogP contribution in [0.2, 0.25) is 0 Å². The minimum absolute atomic E-state index is 0.00611. The Balaban J connectivity index is 1.60. The Kier molecular flexibility index (Phi) is 3.59. The van der Waals surface area contributed by atoms with Crippen LogP contribution in [0.15, 0.2) is 36.5 Å². The molecule has 0 bridgehead atoms. The van der Waals surface area contributed by atoms with Crippen LogP contribution >= 0.6 is 11.3 Å². The normalized spacial score (nSPS) is 31.6. The molecule has 1 saturated carbocycles. The van der Waals surface area contributed by atoms with Gasteiger partial charge < -0.3 is 20.8 Å². The molecule has 2 heterocycles. The lowest BCUT2D eigenvalue weighted by Gasteiger charge is -2.15. The maximum atomic E-state index is 12.6. The van der Waals surface area contributed by atoms with Gasteiger partial charge in [0.15, 0.2) is 5.13 Å². The zero-order valence-corrected chi connectivity index (χ0v) is 13.8. The lowest BCUT2D eigenvalue weighted by Crippen LogP contribution is -2.29. The molecule has 6 nitrogen and oxygen atoms in total. The number of nitrogen functional groups attached to an aromatic ring is 1. The lowest BCUT2D eigenvalue weighted by molar-refractivity contribution is 0.0768. The van der Waals surface area contributed by atoms with Crippen molar-refractivity contribution in [3.05, 3.63) is 47.0 Å². The number of rotatable bonds is 3. The van der Waals surface area contributed by atoms with E-state index in [-0.39, 0.29) is 30.9 Å². The van der Waals surface area contributed by atoms with Crippen LogP contribution < -0.4 is 5.73 Å². The number of aliphatic hydroxyl groups excluding tert-OH is 2. The second-order valence-electron chi connectivity index (χ2n) is 6.55.